The Morgan fingerprint density at radius 2 is 1.27 bits per heavy atom. The van der Waals surface area contributed by atoms with Crippen LogP contribution in [0.2, 0.25) is 10.0 Å². The van der Waals surface area contributed by atoms with E-state index < -0.39 is 47.3 Å². The molecule has 7 N–H and O–H groups in total. The molecule has 0 amide bonds. The first-order chi connectivity index (χ1) is 26.1. The van der Waals surface area contributed by atoms with Crippen molar-refractivity contribution in [3.05, 3.63) is 54.8 Å². The average Bonchev–Trinajstić information content (AvgIpc) is 3.16. The standard InChI is InChI=1S/C20H24ClN3O7S.C14H20ClN3O4S/c1-2-31-18-14(16(26)17(18)27)23-13-4-3-12(21)19(15(13)25)32(28,29)24-8-5-20(6-9-24)11-30-10-7-22-20;15-10-1-2-11(16)12(19)13(10)23(20,21)18-6-3-14(4-7-18)9-22-8-5-17-14/h3-4,22-23,25H,2,5-11H2,1H3;1-2,17,19H,3-9,16H2. The molecule has 3 aromatic carbocycles. The van der Waals surface area contributed by atoms with Crippen molar-refractivity contribution in [3.8, 4) is 17.2 Å². The van der Waals surface area contributed by atoms with Crippen molar-refractivity contribution in [2.75, 3.05) is 83.4 Å². The van der Waals surface area contributed by atoms with Gasteiger partial charge in [-0.1, -0.05) is 23.2 Å². The van der Waals surface area contributed by atoms with Gasteiger partial charge >= 0.3 is 0 Å². The van der Waals surface area contributed by atoms with E-state index in [0.29, 0.717) is 71.7 Å². The van der Waals surface area contributed by atoms with E-state index in [2.05, 4.69) is 16.0 Å². The molecule has 302 valence electrons. The minimum atomic E-state index is -4.13. The van der Waals surface area contributed by atoms with E-state index in [1.54, 1.807) is 6.92 Å². The molecule has 0 atom stereocenters. The van der Waals surface area contributed by atoms with Gasteiger partial charge in [-0.05, 0) is 56.9 Å². The van der Waals surface area contributed by atoms with E-state index in [-0.39, 0.29) is 68.5 Å². The number of hydrogen-bond acceptors (Lipinski definition) is 15. The molecule has 4 aliphatic rings. The second kappa shape index (κ2) is 16.3. The molecule has 0 saturated carbocycles. The van der Waals surface area contributed by atoms with Crippen molar-refractivity contribution in [1.29, 1.82) is 0 Å². The van der Waals surface area contributed by atoms with Crippen LogP contribution in [0.1, 0.15) is 32.6 Å². The minimum absolute atomic E-state index is 0.0104. The molecule has 4 heterocycles. The highest BCUT2D eigenvalue weighted by atomic mass is 35.5. The third-order valence-corrected chi connectivity index (χ3v) is 15.2. The van der Waals surface area contributed by atoms with Crippen LogP contribution < -0.4 is 37.3 Å². The van der Waals surface area contributed by atoms with Crippen LogP contribution in [0.5, 0.6) is 17.2 Å². The molecule has 4 fully saturated rings. The fraction of sp³-hybridized carbons (Fsp3) is 0.529. The van der Waals surface area contributed by atoms with Crippen LogP contribution in [0.15, 0.2) is 43.6 Å². The minimum Gasteiger partial charge on any atom is -0.504 e. The zero-order valence-corrected chi connectivity index (χ0v) is 33.2. The molecule has 2 spiro atoms. The van der Waals surface area contributed by atoms with E-state index in [4.69, 9.17) is 43.1 Å². The number of benzene rings is 2. The summed E-state index contributed by atoms with van der Waals surface area (Å²) in [5.41, 5.74) is 3.39. The summed E-state index contributed by atoms with van der Waals surface area (Å²) in [4.78, 5) is 22.8. The number of nitrogen functional groups attached to an aromatic ring is 1. The first-order valence-corrected chi connectivity index (χ1v) is 21.4. The molecule has 0 bridgehead atoms. The van der Waals surface area contributed by atoms with Gasteiger partial charge in [-0.2, -0.15) is 8.61 Å². The van der Waals surface area contributed by atoms with Gasteiger partial charge in [-0.15, -0.1) is 0 Å². The topological polar surface area (TPSA) is 239 Å². The number of rotatable bonds is 8. The second-order valence-electron chi connectivity index (χ2n) is 13.8. The summed E-state index contributed by atoms with van der Waals surface area (Å²) in [5, 5.41) is 30.1. The van der Waals surface area contributed by atoms with Crippen molar-refractivity contribution in [1.82, 2.24) is 19.2 Å². The Morgan fingerprint density at radius 1 is 0.800 bits per heavy atom. The van der Waals surface area contributed by atoms with Crippen LogP contribution in [0.3, 0.4) is 0 Å². The number of morpholine rings is 2. The van der Waals surface area contributed by atoms with Gasteiger partial charge in [0.05, 0.1) is 54.5 Å². The predicted octanol–water partition coefficient (Wildman–Crippen LogP) is 1.70. The number of aromatic hydroxyl groups is 2. The van der Waals surface area contributed by atoms with Gasteiger partial charge in [-0.3, -0.25) is 9.59 Å². The Kier molecular flexibility index (Phi) is 12.3. The van der Waals surface area contributed by atoms with Crippen molar-refractivity contribution < 1.29 is 41.3 Å². The lowest BCUT2D eigenvalue weighted by atomic mass is 9.88. The zero-order valence-electron chi connectivity index (χ0n) is 30.0. The first-order valence-electron chi connectivity index (χ1n) is 17.7. The lowest BCUT2D eigenvalue weighted by Gasteiger charge is -2.44. The number of piperidine rings is 2. The normalized spacial score (nSPS) is 20.6. The van der Waals surface area contributed by atoms with Crippen molar-refractivity contribution in [3.63, 3.8) is 0 Å². The fourth-order valence-corrected chi connectivity index (χ4v) is 11.3. The largest absolute Gasteiger partial charge is 0.504 e. The molecule has 7 rings (SSSR count). The number of phenols is 2. The number of sulfonamides is 2. The van der Waals surface area contributed by atoms with Crippen LogP contribution in [0.25, 0.3) is 0 Å². The van der Waals surface area contributed by atoms with Gasteiger partial charge in [0.15, 0.2) is 17.2 Å². The number of nitrogens with two attached hydrogens (primary N) is 1. The van der Waals surface area contributed by atoms with Gasteiger partial charge in [0.2, 0.25) is 20.0 Å². The fourth-order valence-electron chi connectivity index (χ4n) is 7.22. The summed E-state index contributed by atoms with van der Waals surface area (Å²) >= 11 is 12.2. The molecule has 0 radical (unpaired) electrons. The number of anilines is 3. The van der Waals surface area contributed by atoms with E-state index in [1.165, 1.54) is 32.9 Å². The quantitative estimate of drug-likeness (QED) is 0.108. The van der Waals surface area contributed by atoms with Crippen LogP contribution >= 0.6 is 23.2 Å². The second-order valence-corrected chi connectivity index (χ2v) is 18.4. The summed E-state index contributed by atoms with van der Waals surface area (Å²) in [6.07, 6.45) is 2.41. The molecule has 0 aliphatic carbocycles. The van der Waals surface area contributed by atoms with Gasteiger partial charge in [0.25, 0.3) is 10.9 Å². The molecule has 17 nitrogen and oxygen atoms in total. The molecule has 3 aromatic rings. The van der Waals surface area contributed by atoms with Gasteiger partial charge in [0.1, 0.15) is 15.5 Å². The van der Waals surface area contributed by atoms with Crippen molar-refractivity contribution in [2.45, 2.75) is 53.5 Å². The Bertz CT molecular complexity index is 2180. The summed E-state index contributed by atoms with van der Waals surface area (Å²) in [7, 11) is -8.03. The van der Waals surface area contributed by atoms with E-state index in [1.807, 2.05) is 0 Å². The van der Waals surface area contributed by atoms with E-state index >= 15 is 0 Å². The number of hydrogen-bond donors (Lipinski definition) is 6. The van der Waals surface area contributed by atoms with Crippen LogP contribution in [-0.4, -0.2) is 119 Å². The monoisotopic (exact) mass is 846 g/mol. The molecule has 0 unspecified atom stereocenters. The van der Waals surface area contributed by atoms with Crippen molar-refractivity contribution >= 4 is 60.3 Å². The van der Waals surface area contributed by atoms with E-state index in [0.717, 1.165) is 6.54 Å². The molecule has 4 saturated heterocycles. The number of nitrogens with zero attached hydrogens (tertiary/aromatic N) is 2. The Hall–Kier alpha value is -3.24. The first kappa shape index (κ1) is 41.4. The summed E-state index contributed by atoms with van der Waals surface area (Å²) in [6.45, 7) is 6.87. The summed E-state index contributed by atoms with van der Waals surface area (Å²) in [5.74, 6) is -1.27. The third-order valence-electron chi connectivity index (χ3n) is 10.4. The number of phenolic OH excluding ortho intramolecular Hbond substituents is 2. The maximum atomic E-state index is 13.3. The van der Waals surface area contributed by atoms with E-state index in [9.17, 15) is 36.6 Å². The lowest BCUT2D eigenvalue weighted by Crippen LogP contribution is -2.60. The Balaban J connectivity index is 0.000000197. The summed E-state index contributed by atoms with van der Waals surface area (Å²) in [6, 6.07) is 5.40. The summed E-state index contributed by atoms with van der Waals surface area (Å²) < 4.78 is 71.2. The van der Waals surface area contributed by atoms with Crippen molar-refractivity contribution in [2.24, 2.45) is 0 Å². The SMILES string of the molecule is CCOc1c(Nc2ccc(Cl)c(S(=O)(=O)N3CCC4(CC3)COCCN4)c2O)c(=O)c1=O.Nc1ccc(Cl)c(S(=O)(=O)N2CCC3(CC2)COCCN3)c1O. The number of ether oxygens (including phenoxy) is 3. The highest BCUT2D eigenvalue weighted by molar-refractivity contribution is 7.89. The zero-order chi connectivity index (χ0) is 39.8. The number of halogens is 2. The van der Waals surface area contributed by atoms with Crippen LogP contribution in [-0.2, 0) is 29.5 Å². The molecular weight excluding hydrogens is 803 g/mol. The van der Waals surface area contributed by atoms with Crippen LogP contribution in [0, 0.1) is 0 Å². The lowest BCUT2D eigenvalue weighted by molar-refractivity contribution is 0.00455. The number of nitrogens with one attached hydrogen (secondary N) is 3. The Morgan fingerprint density at radius 3 is 1.73 bits per heavy atom. The third kappa shape index (κ3) is 8.14. The molecule has 55 heavy (non-hydrogen) atoms. The maximum Gasteiger partial charge on any atom is 0.272 e. The highest BCUT2D eigenvalue weighted by Gasteiger charge is 2.43. The average molecular weight is 848 g/mol. The molecular formula is C34H44Cl2N6O11S2. The molecule has 0 aromatic heterocycles. The smallest absolute Gasteiger partial charge is 0.272 e. The maximum absolute atomic E-state index is 13.3. The van der Waals surface area contributed by atoms with Crippen LogP contribution in [0.4, 0.5) is 17.1 Å². The van der Waals surface area contributed by atoms with Gasteiger partial charge in [0, 0.05) is 50.3 Å². The van der Waals surface area contributed by atoms with Gasteiger partial charge < -0.3 is 46.1 Å². The Labute approximate surface area is 328 Å². The van der Waals surface area contributed by atoms with Gasteiger partial charge in [-0.25, -0.2) is 16.8 Å². The highest BCUT2D eigenvalue weighted by Crippen LogP contribution is 2.42. The molecule has 21 heteroatoms. The predicted molar refractivity (Wildman–Crippen MR) is 206 cm³/mol. The molecule has 4 aliphatic heterocycles.